The summed E-state index contributed by atoms with van der Waals surface area (Å²) in [7, 11) is 0. The van der Waals surface area contributed by atoms with E-state index < -0.39 is 0 Å². The molecular formula is C17H19BrN2O2. The number of halogens is 1. The molecule has 5 heteroatoms. The van der Waals surface area contributed by atoms with Gasteiger partial charge in [0.25, 0.3) is 0 Å². The van der Waals surface area contributed by atoms with Gasteiger partial charge in [0.05, 0.1) is 12.2 Å². The number of aryl methyl sites for hydroxylation is 1. The Kier molecular flexibility index (Phi) is 6.27. The van der Waals surface area contributed by atoms with Crippen LogP contribution in [0.2, 0.25) is 0 Å². The molecule has 2 aromatic carbocycles. The molecule has 0 heterocycles. The summed E-state index contributed by atoms with van der Waals surface area (Å²) in [5.74, 6) is 0.810. The standard InChI is InChI=1S/C17H19BrN2O2/c1-2-13-7-9-14(10-8-13)22-12-11-19-17(21)20-16-6-4-3-5-15(16)18/h3-10H,2,11-12H2,1H3,(H2,19,20,21). The number of amides is 2. The second-order valence-corrected chi connectivity index (χ2v) is 5.56. The first-order valence-corrected chi connectivity index (χ1v) is 7.99. The number of urea groups is 1. The number of benzene rings is 2. The van der Waals surface area contributed by atoms with E-state index in [1.54, 1.807) is 0 Å². The van der Waals surface area contributed by atoms with Gasteiger partial charge in [-0.25, -0.2) is 4.79 Å². The van der Waals surface area contributed by atoms with Crippen LogP contribution in [0.4, 0.5) is 10.5 Å². The molecule has 2 rings (SSSR count). The minimum Gasteiger partial charge on any atom is -0.492 e. The summed E-state index contributed by atoms with van der Waals surface area (Å²) in [4.78, 5) is 11.8. The molecule has 0 aromatic heterocycles. The van der Waals surface area contributed by atoms with Gasteiger partial charge in [-0.1, -0.05) is 31.2 Å². The highest BCUT2D eigenvalue weighted by Crippen LogP contribution is 2.20. The highest BCUT2D eigenvalue weighted by molar-refractivity contribution is 9.10. The van der Waals surface area contributed by atoms with Crippen LogP contribution in [-0.2, 0) is 6.42 Å². The summed E-state index contributed by atoms with van der Waals surface area (Å²) in [5, 5.41) is 5.53. The number of carbonyl (C=O) groups excluding carboxylic acids is 1. The lowest BCUT2D eigenvalue weighted by molar-refractivity contribution is 0.247. The van der Waals surface area contributed by atoms with Crippen LogP contribution in [0.5, 0.6) is 5.75 Å². The Morgan fingerprint density at radius 3 is 2.55 bits per heavy atom. The zero-order valence-electron chi connectivity index (χ0n) is 12.4. The van der Waals surface area contributed by atoms with E-state index in [9.17, 15) is 4.79 Å². The summed E-state index contributed by atoms with van der Waals surface area (Å²) in [5.41, 5.74) is 2.01. The van der Waals surface area contributed by atoms with Gasteiger partial charge in [-0.15, -0.1) is 0 Å². The van der Waals surface area contributed by atoms with E-state index in [1.165, 1.54) is 5.56 Å². The third-order valence-electron chi connectivity index (χ3n) is 3.11. The van der Waals surface area contributed by atoms with Crippen molar-refractivity contribution >= 4 is 27.6 Å². The van der Waals surface area contributed by atoms with Crippen molar-refractivity contribution in [3.63, 3.8) is 0 Å². The smallest absolute Gasteiger partial charge is 0.319 e. The number of anilines is 1. The first-order valence-electron chi connectivity index (χ1n) is 7.20. The molecule has 4 nitrogen and oxygen atoms in total. The van der Waals surface area contributed by atoms with Crippen molar-refractivity contribution < 1.29 is 9.53 Å². The molecule has 0 aliphatic rings. The predicted octanol–water partition coefficient (Wildman–Crippen LogP) is 4.21. The Hall–Kier alpha value is -2.01. The quantitative estimate of drug-likeness (QED) is 0.756. The van der Waals surface area contributed by atoms with E-state index in [-0.39, 0.29) is 6.03 Å². The predicted molar refractivity (Wildman–Crippen MR) is 92.5 cm³/mol. The average Bonchev–Trinajstić information content (AvgIpc) is 2.54. The van der Waals surface area contributed by atoms with Gasteiger partial charge in [0.1, 0.15) is 12.4 Å². The van der Waals surface area contributed by atoms with Crippen LogP contribution in [-0.4, -0.2) is 19.2 Å². The van der Waals surface area contributed by atoms with Gasteiger partial charge in [-0.3, -0.25) is 0 Å². The lowest BCUT2D eigenvalue weighted by Crippen LogP contribution is -2.32. The fourth-order valence-corrected chi connectivity index (χ4v) is 2.27. The molecule has 0 bridgehead atoms. The van der Waals surface area contributed by atoms with E-state index in [4.69, 9.17) is 4.74 Å². The van der Waals surface area contributed by atoms with Crippen LogP contribution >= 0.6 is 15.9 Å². The fraction of sp³-hybridized carbons (Fsp3) is 0.235. The van der Waals surface area contributed by atoms with Crippen LogP contribution in [0.15, 0.2) is 53.0 Å². The SMILES string of the molecule is CCc1ccc(OCCNC(=O)Nc2ccccc2Br)cc1. The molecule has 0 aliphatic carbocycles. The highest BCUT2D eigenvalue weighted by atomic mass is 79.9. The van der Waals surface area contributed by atoms with Gasteiger partial charge in [-0.2, -0.15) is 0 Å². The van der Waals surface area contributed by atoms with Crippen LogP contribution in [0.1, 0.15) is 12.5 Å². The molecule has 0 aliphatic heterocycles. The Labute approximate surface area is 139 Å². The number of nitrogens with one attached hydrogen (secondary N) is 2. The maximum Gasteiger partial charge on any atom is 0.319 e. The van der Waals surface area contributed by atoms with Crippen molar-refractivity contribution in [3.8, 4) is 5.75 Å². The maximum atomic E-state index is 11.8. The van der Waals surface area contributed by atoms with Crippen molar-refractivity contribution in [2.75, 3.05) is 18.5 Å². The van der Waals surface area contributed by atoms with Gasteiger partial charge in [-0.05, 0) is 52.2 Å². The van der Waals surface area contributed by atoms with Crippen molar-refractivity contribution in [1.82, 2.24) is 5.32 Å². The summed E-state index contributed by atoms with van der Waals surface area (Å²) >= 11 is 3.38. The maximum absolute atomic E-state index is 11.8. The number of rotatable bonds is 6. The normalized spacial score (nSPS) is 10.1. The topological polar surface area (TPSA) is 50.4 Å². The number of carbonyl (C=O) groups is 1. The fourth-order valence-electron chi connectivity index (χ4n) is 1.88. The van der Waals surface area contributed by atoms with Gasteiger partial charge >= 0.3 is 6.03 Å². The van der Waals surface area contributed by atoms with E-state index in [0.717, 1.165) is 22.3 Å². The molecular weight excluding hydrogens is 344 g/mol. The van der Waals surface area contributed by atoms with Gasteiger partial charge in [0, 0.05) is 4.47 Å². The molecule has 116 valence electrons. The lowest BCUT2D eigenvalue weighted by atomic mass is 10.2. The third kappa shape index (κ3) is 5.07. The molecule has 2 aromatic rings. The molecule has 2 amide bonds. The van der Waals surface area contributed by atoms with Crippen molar-refractivity contribution in [3.05, 3.63) is 58.6 Å². The largest absolute Gasteiger partial charge is 0.492 e. The summed E-state index contributed by atoms with van der Waals surface area (Å²) in [6, 6.07) is 15.2. The van der Waals surface area contributed by atoms with Crippen LogP contribution < -0.4 is 15.4 Å². The van der Waals surface area contributed by atoms with Crippen LogP contribution in [0, 0.1) is 0 Å². The number of para-hydroxylation sites is 1. The minimum absolute atomic E-state index is 0.253. The molecule has 0 spiro atoms. The Bertz CT molecular complexity index is 614. The van der Waals surface area contributed by atoms with E-state index >= 15 is 0 Å². The number of hydrogen-bond acceptors (Lipinski definition) is 2. The molecule has 0 radical (unpaired) electrons. The zero-order chi connectivity index (χ0) is 15.8. The van der Waals surface area contributed by atoms with Gasteiger partial charge < -0.3 is 15.4 Å². The van der Waals surface area contributed by atoms with E-state index in [1.807, 2.05) is 48.5 Å². The Morgan fingerprint density at radius 1 is 1.14 bits per heavy atom. The minimum atomic E-state index is -0.253. The second kappa shape index (κ2) is 8.44. The van der Waals surface area contributed by atoms with Crippen molar-refractivity contribution in [2.45, 2.75) is 13.3 Å². The molecule has 22 heavy (non-hydrogen) atoms. The molecule has 0 atom stereocenters. The average molecular weight is 363 g/mol. The Balaban J connectivity index is 1.69. The molecule has 0 unspecified atom stereocenters. The van der Waals surface area contributed by atoms with Gasteiger partial charge in [0.15, 0.2) is 0 Å². The molecule has 0 saturated heterocycles. The van der Waals surface area contributed by atoms with E-state index in [2.05, 4.69) is 33.5 Å². The third-order valence-corrected chi connectivity index (χ3v) is 3.80. The van der Waals surface area contributed by atoms with Crippen molar-refractivity contribution in [2.24, 2.45) is 0 Å². The van der Waals surface area contributed by atoms with Gasteiger partial charge in [0.2, 0.25) is 0 Å². The first kappa shape index (κ1) is 16.4. The second-order valence-electron chi connectivity index (χ2n) is 4.71. The molecule has 0 saturated carbocycles. The zero-order valence-corrected chi connectivity index (χ0v) is 14.0. The van der Waals surface area contributed by atoms with E-state index in [0.29, 0.717) is 13.2 Å². The summed E-state index contributed by atoms with van der Waals surface area (Å²) in [6.45, 7) is 2.98. The van der Waals surface area contributed by atoms with Crippen molar-refractivity contribution in [1.29, 1.82) is 0 Å². The molecule has 0 fully saturated rings. The van der Waals surface area contributed by atoms with Crippen LogP contribution in [0.3, 0.4) is 0 Å². The summed E-state index contributed by atoms with van der Waals surface area (Å²) < 4.78 is 6.42. The highest BCUT2D eigenvalue weighted by Gasteiger charge is 2.03. The number of hydrogen-bond donors (Lipinski definition) is 2. The number of ether oxygens (including phenoxy) is 1. The Morgan fingerprint density at radius 2 is 1.86 bits per heavy atom. The monoisotopic (exact) mass is 362 g/mol. The van der Waals surface area contributed by atoms with Crippen LogP contribution in [0.25, 0.3) is 0 Å². The first-order chi connectivity index (χ1) is 10.7. The molecule has 2 N–H and O–H groups in total. The lowest BCUT2D eigenvalue weighted by Gasteiger charge is -2.10. The summed E-state index contributed by atoms with van der Waals surface area (Å²) in [6.07, 6.45) is 1.01.